The normalized spacial score (nSPS) is 16.9. The molecule has 9 heteroatoms. The van der Waals surface area contributed by atoms with Gasteiger partial charge >= 0.3 is 0 Å². The number of aliphatic hydroxyl groups excluding tert-OH is 2. The second-order valence-electron chi connectivity index (χ2n) is 12.3. The van der Waals surface area contributed by atoms with Gasteiger partial charge < -0.3 is 31.1 Å². The molecule has 1 aliphatic carbocycles. The van der Waals surface area contributed by atoms with E-state index in [0.717, 1.165) is 37.7 Å². The van der Waals surface area contributed by atoms with Crippen molar-refractivity contribution in [1.82, 2.24) is 20.9 Å². The van der Waals surface area contributed by atoms with Gasteiger partial charge in [-0.3, -0.25) is 14.4 Å². The van der Waals surface area contributed by atoms with E-state index in [9.17, 15) is 24.6 Å². The second-order valence-corrected chi connectivity index (χ2v) is 12.3. The number of nitrogens with zero attached hydrogens (tertiary/aromatic N) is 1. The number of likely N-dealkylation sites (N-methyl/N-ethyl adjacent to an activating group) is 1. The van der Waals surface area contributed by atoms with Crippen LogP contribution in [0, 0.1) is 36.5 Å². The summed E-state index contributed by atoms with van der Waals surface area (Å²) < 4.78 is 0. The third-order valence-corrected chi connectivity index (χ3v) is 8.27. The highest BCUT2D eigenvalue weighted by Crippen LogP contribution is 2.28. The van der Waals surface area contributed by atoms with Gasteiger partial charge in [0.25, 0.3) is 0 Å². The molecule has 2 rings (SSSR count). The van der Waals surface area contributed by atoms with E-state index >= 15 is 0 Å². The Morgan fingerprint density at radius 3 is 2.25 bits per heavy atom. The topological polar surface area (TPSA) is 131 Å². The van der Waals surface area contributed by atoms with E-state index in [2.05, 4.69) is 27.8 Å². The number of hydrogen-bond acceptors (Lipinski definition) is 6. The van der Waals surface area contributed by atoms with Crippen LogP contribution in [-0.4, -0.2) is 83.3 Å². The smallest absolute Gasteiger partial charge is 0.243 e. The molecule has 0 unspecified atom stereocenters. The van der Waals surface area contributed by atoms with Gasteiger partial charge in [-0.15, -0.1) is 24.7 Å². The fourth-order valence-corrected chi connectivity index (χ4v) is 5.64. The summed E-state index contributed by atoms with van der Waals surface area (Å²) in [5.74, 6) is 3.19. The zero-order chi connectivity index (χ0) is 32.5. The number of amides is 3. The Bertz CT molecular complexity index is 1110. The number of terminal acetylenes is 2. The van der Waals surface area contributed by atoms with Crippen LogP contribution >= 0.6 is 0 Å². The number of carbonyl (C=O) groups is 3. The van der Waals surface area contributed by atoms with Gasteiger partial charge in [-0.05, 0) is 24.3 Å². The van der Waals surface area contributed by atoms with E-state index in [1.165, 1.54) is 0 Å². The van der Waals surface area contributed by atoms with Crippen molar-refractivity contribution in [2.24, 2.45) is 11.8 Å². The summed E-state index contributed by atoms with van der Waals surface area (Å²) in [5.41, 5.74) is 0.890. The standard InChI is InChI=1S/C35H52N4O5/c1-6-14-29(35(44)38-30(33(42)31(40)15-7-2)23-27-18-12-9-13-19-27)37-34(43)28(22-26-16-10-8-11-17-26)24-32(41)39(5)21-20-36-25(3)4/h1-2,8,10-11,16-17,25,27-31,33,36,40,42H,9,12-15,18-24H2,3-5H3,(H,37,43)(H,38,44)/t28-,29+,30+,31+,33-/m1/s1. The molecule has 0 aliphatic heterocycles. The number of aliphatic hydroxyl groups is 2. The maximum atomic E-state index is 13.7. The first-order chi connectivity index (χ1) is 21.0. The minimum atomic E-state index is -1.27. The third kappa shape index (κ3) is 13.1. The lowest BCUT2D eigenvalue weighted by Gasteiger charge is -2.33. The lowest BCUT2D eigenvalue weighted by atomic mass is 9.82. The highest BCUT2D eigenvalue weighted by atomic mass is 16.3. The summed E-state index contributed by atoms with van der Waals surface area (Å²) in [6, 6.07) is 7.86. The van der Waals surface area contributed by atoms with Crippen LogP contribution in [0.5, 0.6) is 0 Å². The van der Waals surface area contributed by atoms with E-state index in [1.807, 2.05) is 44.2 Å². The van der Waals surface area contributed by atoms with E-state index in [1.54, 1.807) is 11.9 Å². The molecule has 44 heavy (non-hydrogen) atoms. The Balaban J connectivity index is 2.19. The largest absolute Gasteiger partial charge is 0.389 e. The minimum absolute atomic E-state index is 0.0371. The van der Waals surface area contributed by atoms with Crippen molar-refractivity contribution in [3.63, 3.8) is 0 Å². The molecule has 242 valence electrons. The van der Waals surface area contributed by atoms with E-state index in [-0.39, 0.29) is 31.1 Å². The van der Waals surface area contributed by atoms with Gasteiger partial charge in [-0.2, -0.15) is 0 Å². The molecule has 9 nitrogen and oxygen atoms in total. The van der Waals surface area contributed by atoms with Crippen LogP contribution in [0.25, 0.3) is 0 Å². The number of rotatable bonds is 18. The molecule has 1 aromatic carbocycles. The molecule has 0 aromatic heterocycles. The summed E-state index contributed by atoms with van der Waals surface area (Å²) in [5, 5.41) is 30.3. The van der Waals surface area contributed by atoms with Gasteiger partial charge in [0.05, 0.1) is 18.1 Å². The van der Waals surface area contributed by atoms with E-state index in [0.29, 0.717) is 32.0 Å². The molecular weight excluding hydrogens is 556 g/mol. The molecule has 1 aromatic rings. The Morgan fingerprint density at radius 2 is 1.64 bits per heavy atom. The maximum absolute atomic E-state index is 13.7. The first-order valence-corrected chi connectivity index (χ1v) is 15.9. The number of carbonyl (C=O) groups excluding carboxylic acids is 3. The first kappa shape index (κ1) is 36.8. The zero-order valence-electron chi connectivity index (χ0n) is 26.6. The molecule has 5 N–H and O–H groups in total. The SMILES string of the molecule is C#CC[C@H](NC(=O)[C@@H](CC(=O)N(C)CCNC(C)C)Cc1ccccc1)C(=O)N[C@@H](CC1CCCCC1)[C@@H](O)[C@@H](O)CC#C. The van der Waals surface area contributed by atoms with Crippen molar-refractivity contribution < 1.29 is 24.6 Å². The summed E-state index contributed by atoms with van der Waals surface area (Å²) in [7, 11) is 1.71. The van der Waals surface area contributed by atoms with Gasteiger partial charge in [-0.25, -0.2) is 0 Å². The molecule has 1 aliphatic rings. The maximum Gasteiger partial charge on any atom is 0.243 e. The van der Waals surface area contributed by atoms with Crippen molar-refractivity contribution in [3.8, 4) is 24.7 Å². The first-order valence-electron chi connectivity index (χ1n) is 15.9. The second kappa shape index (κ2) is 19.8. The number of hydrogen-bond donors (Lipinski definition) is 5. The highest BCUT2D eigenvalue weighted by molar-refractivity contribution is 5.91. The van der Waals surface area contributed by atoms with Crippen LogP contribution in [0.2, 0.25) is 0 Å². The van der Waals surface area contributed by atoms with Crippen LogP contribution in [0.15, 0.2) is 30.3 Å². The van der Waals surface area contributed by atoms with Crippen LogP contribution in [0.4, 0.5) is 0 Å². The average molecular weight is 609 g/mol. The summed E-state index contributed by atoms with van der Waals surface area (Å²) in [4.78, 5) is 42.0. The van der Waals surface area contributed by atoms with Crippen molar-refractivity contribution in [2.75, 3.05) is 20.1 Å². The fourth-order valence-electron chi connectivity index (χ4n) is 5.64. The average Bonchev–Trinajstić information content (AvgIpc) is 3.00. The van der Waals surface area contributed by atoms with Crippen LogP contribution in [0.1, 0.15) is 77.2 Å². The summed E-state index contributed by atoms with van der Waals surface area (Å²) >= 11 is 0. The van der Waals surface area contributed by atoms with Crippen LogP contribution in [0.3, 0.4) is 0 Å². The summed E-state index contributed by atoms with van der Waals surface area (Å²) in [6.07, 6.45) is 14.4. The molecule has 3 amide bonds. The number of nitrogens with one attached hydrogen (secondary N) is 3. The Kier molecular flexibility index (Phi) is 16.6. The molecule has 1 saturated carbocycles. The van der Waals surface area contributed by atoms with E-state index < -0.39 is 42.0 Å². The third-order valence-electron chi connectivity index (χ3n) is 8.27. The molecular formula is C35H52N4O5. The molecule has 0 radical (unpaired) electrons. The molecule has 1 fully saturated rings. The van der Waals surface area contributed by atoms with Crippen molar-refractivity contribution in [2.45, 2.75) is 108 Å². The van der Waals surface area contributed by atoms with Gasteiger partial charge in [0.2, 0.25) is 17.7 Å². The predicted molar refractivity (Wildman–Crippen MR) is 173 cm³/mol. The quantitative estimate of drug-likeness (QED) is 0.163. The zero-order valence-corrected chi connectivity index (χ0v) is 26.6. The molecule has 0 bridgehead atoms. The van der Waals surface area contributed by atoms with E-state index in [4.69, 9.17) is 12.8 Å². The lowest BCUT2D eigenvalue weighted by molar-refractivity contribution is -0.136. The molecule has 0 saturated heterocycles. The Hall–Kier alpha value is -3.37. The fraction of sp³-hybridized carbons (Fsp3) is 0.629. The highest BCUT2D eigenvalue weighted by Gasteiger charge is 2.33. The van der Waals surface area contributed by atoms with Crippen LogP contribution < -0.4 is 16.0 Å². The van der Waals surface area contributed by atoms with Crippen molar-refractivity contribution in [3.05, 3.63) is 35.9 Å². The lowest BCUT2D eigenvalue weighted by Crippen LogP contribution is -2.55. The van der Waals surface area contributed by atoms with Gasteiger partial charge in [0.15, 0.2) is 0 Å². The molecule has 0 heterocycles. The van der Waals surface area contributed by atoms with Crippen LogP contribution in [-0.2, 0) is 20.8 Å². The minimum Gasteiger partial charge on any atom is -0.389 e. The molecule has 0 spiro atoms. The number of benzene rings is 1. The predicted octanol–water partition coefficient (Wildman–Crippen LogP) is 2.40. The van der Waals surface area contributed by atoms with Gasteiger partial charge in [0.1, 0.15) is 12.1 Å². The Morgan fingerprint density at radius 1 is 0.977 bits per heavy atom. The van der Waals surface area contributed by atoms with Gasteiger partial charge in [0, 0.05) is 45.4 Å². The summed E-state index contributed by atoms with van der Waals surface area (Å²) in [6.45, 7) is 5.19. The van der Waals surface area contributed by atoms with Gasteiger partial charge in [-0.1, -0.05) is 76.3 Å². The monoisotopic (exact) mass is 608 g/mol. The van der Waals surface area contributed by atoms with Crippen molar-refractivity contribution in [1.29, 1.82) is 0 Å². The Labute approximate surface area is 263 Å². The molecule has 5 atom stereocenters. The van der Waals surface area contributed by atoms with Crippen molar-refractivity contribution >= 4 is 17.7 Å².